The summed E-state index contributed by atoms with van der Waals surface area (Å²) in [7, 11) is 0. The second-order valence-electron chi connectivity index (χ2n) is 10.2. The van der Waals surface area contributed by atoms with E-state index < -0.39 is 54.0 Å². The molecule has 0 spiro atoms. The number of amidine groups is 1. The van der Waals surface area contributed by atoms with Gasteiger partial charge >= 0.3 is 6.18 Å². The predicted molar refractivity (Wildman–Crippen MR) is 155 cm³/mol. The molecule has 45 heavy (non-hydrogen) atoms. The first-order chi connectivity index (χ1) is 21.2. The molecular formula is C31H28F6N6O2. The van der Waals surface area contributed by atoms with Gasteiger partial charge in [0.15, 0.2) is 5.69 Å². The molecule has 1 heterocycles. The number of aliphatic imine (C=N–C) groups is 1. The first-order valence-electron chi connectivity index (χ1n) is 13.7. The summed E-state index contributed by atoms with van der Waals surface area (Å²) in [6, 6.07) is 6.53. The van der Waals surface area contributed by atoms with Crippen molar-refractivity contribution < 1.29 is 35.9 Å². The Hall–Kier alpha value is -5.01. The predicted octanol–water partition coefficient (Wildman–Crippen LogP) is 5.43. The van der Waals surface area contributed by atoms with Gasteiger partial charge < -0.3 is 11.1 Å². The van der Waals surface area contributed by atoms with E-state index >= 15 is 0 Å². The summed E-state index contributed by atoms with van der Waals surface area (Å²) in [4.78, 5) is 29.7. The van der Waals surface area contributed by atoms with Crippen LogP contribution in [0.4, 0.5) is 26.3 Å². The van der Waals surface area contributed by atoms with Gasteiger partial charge in [0, 0.05) is 54.1 Å². The number of halogens is 6. The van der Waals surface area contributed by atoms with Gasteiger partial charge in [0.05, 0.1) is 11.3 Å². The monoisotopic (exact) mass is 630 g/mol. The minimum Gasteiger partial charge on any atom is -0.384 e. The summed E-state index contributed by atoms with van der Waals surface area (Å²) in [6.07, 6.45) is -2.68. The molecule has 8 nitrogen and oxygen atoms in total. The molecule has 236 valence electrons. The molecule has 1 amide bonds. The molecule has 3 aromatic rings. The lowest BCUT2D eigenvalue weighted by Crippen LogP contribution is -2.30. The van der Waals surface area contributed by atoms with Crippen molar-refractivity contribution in [1.82, 2.24) is 15.1 Å². The van der Waals surface area contributed by atoms with Gasteiger partial charge in [-0.1, -0.05) is 12.1 Å². The molecule has 4 N–H and O–H groups in total. The molecule has 0 saturated carbocycles. The molecular weight excluding hydrogens is 602 g/mol. The van der Waals surface area contributed by atoms with E-state index in [2.05, 4.69) is 15.4 Å². The fourth-order valence-corrected chi connectivity index (χ4v) is 5.13. The summed E-state index contributed by atoms with van der Waals surface area (Å²) >= 11 is 0. The zero-order valence-corrected chi connectivity index (χ0v) is 24.2. The number of amides is 1. The highest BCUT2D eigenvalue weighted by Crippen LogP contribution is 2.35. The summed E-state index contributed by atoms with van der Waals surface area (Å²) in [5, 5.41) is 13.9. The summed E-state index contributed by atoms with van der Waals surface area (Å²) < 4.78 is 84.7. The molecule has 1 aliphatic rings. The molecule has 2 aromatic carbocycles. The SMILES string of the molecule is CC=NC(/C(=C\C)c1ccc(F)c(C(=N)N)c1)=C(/Cc1cc(F)cc(F)c1)NC(=O)Cn1nc(C(F)(F)F)c2c1CCC(=O)C2. The summed E-state index contributed by atoms with van der Waals surface area (Å²) in [5.74, 6) is -4.27. The lowest BCUT2D eigenvalue weighted by molar-refractivity contribution is -0.142. The standard InChI is InChI=1S/C31H28F6N6O2/c1-3-21(17-5-7-24(34)22(12-17)30(38)39)28(40-4-2)25(11-16-9-18(32)13-19(33)10-16)41-27(45)15-43-26-8-6-20(44)14-23(26)29(42-43)31(35,36)37/h3-5,7,9-10,12-13H,6,8,11,14-15H2,1-2H3,(H3,38,39)(H,41,45)/b21-3-,28-25-,40-4?. The zero-order chi connectivity index (χ0) is 33.1. The van der Waals surface area contributed by atoms with Crippen molar-refractivity contribution in [2.75, 3.05) is 0 Å². The van der Waals surface area contributed by atoms with Crippen LogP contribution in [0.5, 0.6) is 0 Å². The van der Waals surface area contributed by atoms with Crippen LogP contribution < -0.4 is 11.1 Å². The van der Waals surface area contributed by atoms with Gasteiger partial charge in [-0.2, -0.15) is 18.3 Å². The third kappa shape index (κ3) is 7.56. The number of rotatable bonds is 9. The lowest BCUT2D eigenvalue weighted by Gasteiger charge is -2.18. The molecule has 0 bridgehead atoms. The summed E-state index contributed by atoms with van der Waals surface area (Å²) in [5.41, 5.74) is 4.77. The Morgan fingerprint density at radius 2 is 1.80 bits per heavy atom. The van der Waals surface area contributed by atoms with Crippen LogP contribution >= 0.6 is 0 Å². The molecule has 0 atom stereocenters. The van der Waals surface area contributed by atoms with Gasteiger partial charge in [-0.25, -0.2) is 13.2 Å². The fraction of sp³-hybridized carbons (Fsp3) is 0.258. The van der Waals surface area contributed by atoms with Crippen molar-refractivity contribution in [3.05, 3.63) is 105 Å². The van der Waals surface area contributed by atoms with Gasteiger partial charge in [0.1, 0.15) is 35.6 Å². The number of carbonyl (C=O) groups excluding carboxylic acids is 2. The third-order valence-electron chi connectivity index (χ3n) is 6.99. The minimum absolute atomic E-state index is 0.00611. The number of alkyl halides is 3. The van der Waals surface area contributed by atoms with Crippen molar-refractivity contribution >= 4 is 29.3 Å². The molecule has 0 saturated heterocycles. The Bertz CT molecular complexity index is 1750. The van der Waals surface area contributed by atoms with E-state index in [-0.39, 0.29) is 58.8 Å². The number of nitrogen functional groups attached to an aromatic ring is 1. The van der Waals surface area contributed by atoms with Gasteiger partial charge in [-0.15, -0.1) is 0 Å². The fourth-order valence-electron chi connectivity index (χ4n) is 5.13. The number of allylic oxidation sites excluding steroid dienone is 3. The number of nitrogens with two attached hydrogens (primary N) is 1. The van der Waals surface area contributed by atoms with E-state index in [1.807, 2.05) is 0 Å². The van der Waals surface area contributed by atoms with Crippen LogP contribution in [0, 0.1) is 22.9 Å². The molecule has 0 unspecified atom stereocenters. The number of fused-ring (bicyclic) bond motifs is 1. The number of nitrogens with zero attached hydrogens (tertiary/aromatic N) is 3. The van der Waals surface area contributed by atoms with Crippen LogP contribution in [-0.2, 0) is 41.6 Å². The van der Waals surface area contributed by atoms with Crippen LogP contribution in [0.15, 0.2) is 58.9 Å². The maximum Gasteiger partial charge on any atom is 0.435 e. The van der Waals surface area contributed by atoms with Crippen molar-refractivity contribution in [1.29, 1.82) is 5.41 Å². The number of aromatic nitrogens is 2. The average Bonchev–Trinajstić information content (AvgIpc) is 3.30. The largest absolute Gasteiger partial charge is 0.435 e. The third-order valence-corrected chi connectivity index (χ3v) is 6.99. The minimum atomic E-state index is -4.85. The Morgan fingerprint density at radius 1 is 1.11 bits per heavy atom. The first kappa shape index (κ1) is 32.9. The molecule has 0 fully saturated rings. The number of hydrogen-bond acceptors (Lipinski definition) is 5. The quantitative estimate of drug-likeness (QED) is 0.126. The Kier molecular flexibility index (Phi) is 9.74. The topological polar surface area (TPSA) is 126 Å². The van der Waals surface area contributed by atoms with E-state index in [1.54, 1.807) is 19.9 Å². The number of carbonyl (C=O) groups is 2. The van der Waals surface area contributed by atoms with Crippen LogP contribution in [-0.4, -0.2) is 33.5 Å². The first-order valence-corrected chi connectivity index (χ1v) is 13.7. The van der Waals surface area contributed by atoms with Gasteiger partial charge in [-0.05, 0) is 55.7 Å². The highest BCUT2D eigenvalue weighted by atomic mass is 19.4. The molecule has 14 heteroatoms. The smallest absolute Gasteiger partial charge is 0.384 e. The summed E-state index contributed by atoms with van der Waals surface area (Å²) in [6.45, 7) is 2.51. The van der Waals surface area contributed by atoms with E-state index in [1.165, 1.54) is 18.3 Å². The van der Waals surface area contributed by atoms with Crippen molar-refractivity contribution in [3.8, 4) is 0 Å². The van der Waals surface area contributed by atoms with Gasteiger partial charge in [0.25, 0.3) is 0 Å². The maximum atomic E-state index is 14.3. The molecule has 1 aliphatic carbocycles. The highest BCUT2D eigenvalue weighted by Gasteiger charge is 2.41. The van der Waals surface area contributed by atoms with E-state index in [9.17, 15) is 35.9 Å². The van der Waals surface area contributed by atoms with E-state index in [0.29, 0.717) is 17.2 Å². The Labute approximate surface area is 253 Å². The molecule has 0 aliphatic heterocycles. The Balaban J connectivity index is 1.81. The van der Waals surface area contributed by atoms with Crippen LogP contribution in [0.3, 0.4) is 0 Å². The second-order valence-corrected chi connectivity index (χ2v) is 10.2. The van der Waals surface area contributed by atoms with Crippen molar-refractivity contribution in [2.24, 2.45) is 10.7 Å². The van der Waals surface area contributed by atoms with Gasteiger partial charge in [-0.3, -0.25) is 24.7 Å². The lowest BCUT2D eigenvalue weighted by atomic mass is 9.94. The van der Waals surface area contributed by atoms with Crippen LogP contribution in [0.25, 0.3) is 5.57 Å². The normalized spacial score (nSPS) is 14.4. The highest BCUT2D eigenvalue weighted by molar-refractivity contribution is 5.97. The maximum absolute atomic E-state index is 14.3. The van der Waals surface area contributed by atoms with Crippen LogP contribution in [0.1, 0.15) is 53.9 Å². The zero-order valence-electron chi connectivity index (χ0n) is 24.2. The number of Topliss-reactive ketones (excluding diaryl/α,β-unsaturated/α-hetero) is 1. The van der Waals surface area contributed by atoms with Crippen molar-refractivity contribution in [3.63, 3.8) is 0 Å². The van der Waals surface area contributed by atoms with E-state index in [4.69, 9.17) is 11.1 Å². The molecule has 1 aromatic heterocycles. The molecule has 4 rings (SSSR count). The second kappa shape index (κ2) is 13.3. The molecule has 0 radical (unpaired) electrons. The number of ketones is 1. The number of hydrogen-bond donors (Lipinski definition) is 3. The van der Waals surface area contributed by atoms with E-state index in [0.717, 1.165) is 22.9 Å². The Morgan fingerprint density at radius 3 is 2.40 bits per heavy atom. The van der Waals surface area contributed by atoms with Gasteiger partial charge in [0.2, 0.25) is 5.91 Å². The van der Waals surface area contributed by atoms with Crippen molar-refractivity contribution in [2.45, 2.75) is 52.3 Å². The number of benzene rings is 2. The number of nitrogens with one attached hydrogen (secondary N) is 2. The van der Waals surface area contributed by atoms with Crippen LogP contribution in [0.2, 0.25) is 0 Å². The average molecular weight is 631 g/mol.